The number of benzene rings is 1. The van der Waals surface area contributed by atoms with Gasteiger partial charge >= 0.3 is 0 Å². The highest BCUT2D eigenvalue weighted by Gasteiger charge is 2.24. The Morgan fingerprint density at radius 3 is 2.67 bits per heavy atom. The number of aromatic nitrogens is 2. The standard InChI is InChI=1S/C23H23ClF2N6O/c24-15-5-3-4-13(20(15)26)19-10-12(8-9-29-19)30-22-14(21(28)33)11-16(25)23(32-22)31-18-7-2-1-6-17(18)27/h3-5,8-11,17-18H,1-2,6-7,27H2,(H2,28,33)(H2,29,30,31,32)/t17-,18+/m0/s1. The molecule has 1 fully saturated rings. The van der Waals surface area contributed by atoms with Gasteiger partial charge in [-0.1, -0.05) is 30.5 Å². The van der Waals surface area contributed by atoms with Gasteiger partial charge in [-0.15, -0.1) is 0 Å². The number of carbonyl (C=O) groups is 1. The van der Waals surface area contributed by atoms with E-state index in [0.29, 0.717) is 11.4 Å². The Morgan fingerprint density at radius 1 is 1.12 bits per heavy atom. The van der Waals surface area contributed by atoms with Crippen LogP contribution in [0.5, 0.6) is 0 Å². The lowest BCUT2D eigenvalue weighted by molar-refractivity contribution is 0.100. The number of hydrogen-bond acceptors (Lipinski definition) is 6. The zero-order chi connectivity index (χ0) is 23.5. The second kappa shape index (κ2) is 9.68. The van der Waals surface area contributed by atoms with Crippen LogP contribution in [0.4, 0.5) is 26.1 Å². The number of carbonyl (C=O) groups excluding carboxylic acids is 1. The van der Waals surface area contributed by atoms with Crippen LogP contribution >= 0.6 is 11.6 Å². The number of nitrogens with zero attached hydrogens (tertiary/aromatic N) is 2. The van der Waals surface area contributed by atoms with Crippen molar-refractivity contribution in [3.8, 4) is 11.3 Å². The lowest BCUT2D eigenvalue weighted by atomic mass is 9.91. The van der Waals surface area contributed by atoms with Gasteiger partial charge in [0.25, 0.3) is 5.91 Å². The smallest absolute Gasteiger partial charge is 0.252 e. The van der Waals surface area contributed by atoms with Crippen molar-refractivity contribution >= 4 is 34.8 Å². The van der Waals surface area contributed by atoms with Crippen LogP contribution < -0.4 is 22.1 Å². The van der Waals surface area contributed by atoms with E-state index < -0.39 is 17.5 Å². The van der Waals surface area contributed by atoms with E-state index >= 15 is 0 Å². The first-order valence-corrected chi connectivity index (χ1v) is 10.9. The first-order chi connectivity index (χ1) is 15.8. The highest BCUT2D eigenvalue weighted by Crippen LogP contribution is 2.30. The van der Waals surface area contributed by atoms with Gasteiger partial charge < -0.3 is 22.1 Å². The Labute approximate surface area is 194 Å². The lowest BCUT2D eigenvalue weighted by Gasteiger charge is -2.30. The Bertz CT molecular complexity index is 1190. The number of nitrogens with one attached hydrogen (secondary N) is 2. The molecule has 33 heavy (non-hydrogen) atoms. The summed E-state index contributed by atoms with van der Waals surface area (Å²) in [6.07, 6.45) is 5.11. The van der Waals surface area contributed by atoms with Gasteiger partial charge in [0.15, 0.2) is 17.5 Å². The molecule has 0 saturated heterocycles. The van der Waals surface area contributed by atoms with Crippen LogP contribution in [0.2, 0.25) is 5.02 Å². The van der Waals surface area contributed by atoms with Crippen molar-refractivity contribution in [2.75, 3.05) is 10.6 Å². The van der Waals surface area contributed by atoms with Crippen molar-refractivity contribution in [2.24, 2.45) is 11.5 Å². The largest absolute Gasteiger partial charge is 0.365 e. The number of halogens is 3. The topological polar surface area (TPSA) is 119 Å². The molecule has 1 saturated carbocycles. The van der Waals surface area contributed by atoms with Gasteiger partial charge in [0.2, 0.25) is 0 Å². The molecule has 1 aliphatic rings. The van der Waals surface area contributed by atoms with E-state index in [-0.39, 0.29) is 39.9 Å². The normalized spacial score (nSPS) is 18.1. The molecule has 0 spiro atoms. The minimum Gasteiger partial charge on any atom is -0.365 e. The first kappa shape index (κ1) is 22.9. The van der Waals surface area contributed by atoms with Crippen LogP contribution in [0, 0.1) is 11.6 Å². The Kier molecular flexibility index (Phi) is 6.71. The molecule has 0 aliphatic heterocycles. The summed E-state index contributed by atoms with van der Waals surface area (Å²) in [6, 6.07) is 8.55. The van der Waals surface area contributed by atoms with Gasteiger partial charge in [-0.2, -0.15) is 0 Å². The molecule has 0 radical (unpaired) electrons. The summed E-state index contributed by atoms with van der Waals surface area (Å²) < 4.78 is 29.2. The molecule has 172 valence electrons. The van der Waals surface area contributed by atoms with Crippen LogP contribution in [-0.2, 0) is 0 Å². The average molecular weight is 473 g/mol. The number of anilines is 3. The number of primary amides is 1. The number of rotatable bonds is 6. The minimum absolute atomic E-state index is 0.0273. The zero-order valence-corrected chi connectivity index (χ0v) is 18.4. The van der Waals surface area contributed by atoms with E-state index in [0.717, 1.165) is 31.7 Å². The third kappa shape index (κ3) is 5.04. The van der Waals surface area contributed by atoms with Crippen LogP contribution in [-0.4, -0.2) is 28.0 Å². The number of amides is 1. The van der Waals surface area contributed by atoms with Gasteiger partial charge in [-0.3, -0.25) is 9.78 Å². The van der Waals surface area contributed by atoms with Crippen LogP contribution in [0.3, 0.4) is 0 Å². The van der Waals surface area contributed by atoms with Crippen LogP contribution in [0.15, 0.2) is 42.6 Å². The lowest BCUT2D eigenvalue weighted by Crippen LogP contribution is -2.43. The number of pyridine rings is 2. The molecule has 0 unspecified atom stereocenters. The van der Waals surface area contributed by atoms with Crippen molar-refractivity contribution in [1.29, 1.82) is 0 Å². The van der Waals surface area contributed by atoms with Gasteiger partial charge in [0.1, 0.15) is 5.82 Å². The van der Waals surface area contributed by atoms with Crippen LogP contribution in [0.25, 0.3) is 11.3 Å². The molecular weight excluding hydrogens is 450 g/mol. The molecule has 1 aliphatic carbocycles. The fourth-order valence-corrected chi connectivity index (χ4v) is 4.06. The minimum atomic E-state index is -0.847. The van der Waals surface area contributed by atoms with Crippen LogP contribution in [0.1, 0.15) is 36.0 Å². The monoisotopic (exact) mass is 472 g/mol. The summed E-state index contributed by atoms with van der Waals surface area (Å²) in [5.74, 6) is -2.13. The van der Waals surface area contributed by atoms with E-state index in [1.54, 1.807) is 24.3 Å². The van der Waals surface area contributed by atoms with E-state index in [4.69, 9.17) is 23.1 Å². The molecule has 2 aromatic heterocycles. The summed E-state index contributed by atoms with van der Waals surface area (Å²) in [4.78, 5) is 20.4. The SMILES string of the molecule is NC(=O)c1cc(F)c(N[C@@H]2CCCC[C@@H]2N)nc1Nc1ccnc(-c2cccc(Cl)c2F)c1. The zero-order valence-electron chi connectivity index (χ0n) is 17.6. The molecule has 1 amide bonds. The average Bonchev–Trinajstić information content (AvgIpc) is 2.79. The second-order valence-electron chi connectivity index (χ2n) is 7.93. The molecule has 6 N–H and O–H groups in total. The highest BCUT2D eigenvalue weighted by molar-refractivity contribution is 6.31. The van der Waals surface area contributed by atoms with Gasteiger partial charge in [-0.25, -0.2) is 13.8 Å². The molecule has 2 heterocycles. The summed E-state index contributed by atoms with van der Waals surface area (Å²) in [5, 5.41) is 6.00. The molecule has 4 rings (SSSR count). The maximum atomic E-state index is 14.7. The summed E-state index contributed by atoms with van der Waals surface area (Å²) in [5.41, 5.74) is 12.5. The van der Waals surface area contributed by atoms with E-state index in [2.05, 4.69) is 20.6 Å². The van der Waals surface area contributed by atoms with Gasteiger partial charge in [-0.05, 0) is 43.2 Å². The fraction of sp³-hybridized carbons (Fsp3) is 0.261. The molecule has 10 heteroatoms. The van der Waals surface area contributed by atoms with E-state index in [9.17, 15) is 13.6 Å². The van der Waals surface area contributed by atoms with Crippen molar-refractivity contribution in [1.82, 2.24) is 9.97 Å². The maximum absolute atomic E-state index is 14.7. The van der Waals surface area contributed by atoms with Crippen molar-refractivity contribution in [3.05, 3.63) is 64.8 Å². The van der Waals surface area contributed by atoms with E-state index in [1.165, 1.54) is 12.3 Å². The van der Waals surface area contributed by atoms with Crippen molar-refractivity contribution < 1.29 is 13.6 Å². The third-order valence-electron chi connectivity index (χ3n) is 5.63. The van der Waals surface area contributed by atoms with Gasteiger partial charge in [0.05, 0.1) is 16.3 Å². The molecule has 3 aromatic rings. The Morgan fingerprint density at radius 2 is 1.91 bits per heavy atom. The molecule has 2 atom stereocenters. The molecule has 0 bridgehead atoms. The van der Waals surface area contributed by atoms with Crippen molar-refractivity contribution in [3.63, 3.8) is 0 Å². The first-order valence-electron chi connectivity index (χ1n) is 10.5. The predicted molar refractivity (Wildman–Crippen MR) is 124 cm³/mol. The predicted octanol–water partition coefficient (Wildman–Crippen LogP) is 4.60. The summed E-state index contributed by atoms with van der Waals surface area (Å²) >= 11 is 5.88. The summed E-state index contributed by atoms with van der Waals surface area (Å²) in [7, 11) is 0. The Hall–Kier alpha value is -3.30. The quantitative estimate of drug-likeness (QED) is 0.416. The maximum Gasteiger partial charge on any atom is 0.252 e. The second-order valence-corrected chi connectivity index (χ2v) is 8.34. The molecular formula is C23H23ClF2N6O. The fourth-order valence-electron chi connectivity index (χ4n) is 3.88. The highest BCUT2D eigenvalue weighted by atomic mass is 35.5. The number of nitrogens with two attached hydrogens (primary N) is 2. The molecule has 7 nitrogen and oxygen atoms in total. The van der Waals surface area contributed by atoms with Crippen molar-refractivity contribution in [2.45, 2.75) is 37.8 Å². The number of hydrogen-bond donors (Lipinski definition) is 4. The summed E-state index contributed by atoms with van der Waals surface area (Å²) in [6.45, 7) is 0. The molecule has 1 aromatic carbocycles. The third-order valence-corrected chi connectivity index (χ3v) is 5.93. The van der Waals surface area contributed by atoms with Gasteiger partial charge in [0, 0.05) is 29.5 Å². The Balaban J connectivity index is 1.67. The van der Waals surface area contributed by atoms with E-state index in [1.807, 2.05) is 0 Å².